The molecule has 0 aliphatic carbocycles. The first-order chi connectivity index (χ1) is 8.16. The van der Waals surface area contributed by atoms with Gasteiger partial charge in [0.05, 0.1) is 5.69 Å². The molecule has 1 aromatic heterocycles. The molecular weight excluding hydrogens is 236 g/mol. The third kappa shape index (κ3) is 2.79. The Morgan fingerprint density at radius 1 is 1.29 bits per heavy atom. The zero-order valence-corrected chi connectivity index (χ0v) is 10.3. The molecule has 1 aromatic carbocycles. The van der Waals surface area contributed by atoms with Gasteiger partial charge >= 0.3 is 0 Å². The summed E-state index contributed by atoms with van der Waals surface area (Å²) in [5.41, 5.74) is 1.17. The predicted molar refractivity (Wildman–Crippen MR) is 66.5 cm³/mol. The van der Waals surface area contributed by atoms with Gasteiger partial charge in [-0.05, 0) is 18.2 Å². The molecule has 1 heterocycles. The molecule has 0 amide bonds. The van der Waals surface area contributed by atoms with Crippen LogP contribution in [0, 0.1) is 0 Å². The van der Waals surface area contributed by atoms with Gasteiger partial charge < -0.3 is 10.0 Å². The molecule has 0 aliphatic rings. The second kappa shape index (κ2) is 4.92. The summed E-state index contributed by atoms with van der Waals surface area (Å²) in [5.74, 6) is -0.142. The number of rotatable bonds is 3. The van der Waals surface area contributed by atoms with Crippen LogP contribution in [0.1, 0.15) is 0 Å². The number of anilines is 1. The molecule has 0 fully saturated rings. The smallest absolute Gasteiger partial charge is 0.229 e. The third-order valence-corrected chi connectivity index (χ3v) is 2.78. The normalized spacial score (nSPS) is 10.9. The van der Waals surface area contributed by atoms with Crippen LogP contribution in [0.3, 0.4) is 0 Å². The van der Waals surface area contributed by atoms with Crippen LogP contribution >= 0.6 is 11.3 Å². The lowest BCUT2D eigenvalue weighted by Crippen LogP contribution is -2.08. The van der Waals surface area contributed by atoms with E-state index in [0.717, 1.165) is 5.69 Å². The van der Waals surface area contributed by atoms with Crippen molar-refractivity contribution in [3.05, 3.63) is 29.8 Å². The monoisotopic (exact) mass is 247 g/mol. The van der Waals surface area contributed by atoms with Crippen molar-refractivity contribution in [3.63, 3.8) is 0 Å². The second-order valence-electron chi connectivity index (χ2n) is 3.56. The molecule has 0 unspecified atom stereocenters. The van der Waals surface area contributed by atoms with Crippen molar-refractivity contribution in [1.82, 2.24) is 4.98 Å². The van der Waals surface area contributed by atoms with Crippen LogP contribution in [0.25, 0.3) is 0 Å². The highest BCUT2D eigenvalue weighted by atomic mass is 32.1. The van der Waals surface area contributed by atoms with Crippen molar-refractivity contribution < 1.29 is 5.11 Å². The predicted octanol–water partition coefficient (Wildman–Crippen LogP) is 2.70. The Balaban J connectivity index is 2.22. The summed E-state index contributed by atoms with van der Waals surface area (Å²) in [6.45, 7) is 0. The lowest BCUT2D eigenvalue weighted by molar-refractivity contribution is -0.267. The average Bonchev–Trinajstić information content (AvgIpc) is 2.80. The van der Waals surface area contributed by atoms with E-state index in [-0.39, 0.29) is 5.75 Å². The maximum Gasteiger partial charge on any atom is 0.229 e. The molecule has 2 rings (SSSR count). The van der Waals surface area contributed by atoms with Gasteiger partial charge in [-0.2, -0.15) is 0 Å². The Hall–Kier alpha value is -1.95. The maximum atomic E-state index is 11.7. The lowest BCUT2D eigenvalue weighted by atomic mass is 10.2. The van der Waals surface area contributed by atoms with Crippen LogP contribution in [0.5, 0.6) is 5.75 Å². The minimum Gasteiger partial charge on any atom is -0.871 e. The van der Waals surface area contributed by atoms with E-state index in [9.17, 15) is 5.11 Å². The number of thiazole rings is 1. The Bertz CT molecular complexity index is 522. The van der Waals surface area contributed by atoms with E-state index in [4.69, 9.17) is 0 Å². The van der Waals surface area contributed by atoms with E-state index in [0.29, 0.717) is 10.8 Å². The average molecular weight is 247 g/mol. The summed E-state index contributed by atoms with van der Waals surface area (Å²) in [7, 11) is 3.76. The number of hydrogen-bond donors (Lipinski definition) is 0. The molecule has 0 saturated carbocycles. The molecule has 0 aliphatic heterocycles. The first-order valence-electron chi connectivity index (χ1n) is 4.96. The Morgan fingerprint density at radius 3 is 2.71 bits per heavy atom. The molecule has 17 heavy (non-hydrogen) atoms. The van der Waals surface area contributed by atoms with Crippen molar-refractivity contribution in [2.75, 3.05) is 19.0 Å². The van der Waals surface area contributed by atoms with Crippen LogP contribution in [0.4, 0.5) is 16.5 Å². The molecule has 0 saturated heterocycles. The summed E-state index contributed by atoms with van der Waals surface area (Å²) in [6.07, 6.45) is 1.65. The number of benzene rings is 1. The molecule has 6 heteroatoms. The van der Waals surface area contributed by atoms with Gasteiger partial charge in [0.15, 0.2) is 0 Å². The quantitative estimate of drug-likeness (QED) is 0.783. The van der Waals surface area contributed by atoms with Crippen LogP contribution in [-0.2, 0) is 0 Å². The van der Waals surface area contributed by atoms with Crippen molar-refractivity contribution >= 4 is 27.8 Å². The van der Waals surface area contributed by atoms with Crippen molar-refractivity contribution in [1.29, 1.82) is 0 Å². The van der Waals surface area contributed by atoms with Gasteiger partial charge in [0.1, 0.15) is 0 Å². The largest absolute Gasteiger partial charge is 0.871 e. The van der Waals surface area contributed by atoms with Crippen LogP contribution in [0.15, 0.2) is 40.0 Å². The summed E-state index contributed by atoms with van der Waals surface area (Å²) < 4.78 is 0. The number of aromatic nitrogens is 1. The highest BCUT2D eigenvalue weighted by Crippen LogP contribution is 2.29. The summed E-state index contributed by atoms with van der Waals surface area (Å²) in [5, 5.41) is 21.8. The number of nitrogens with zero attached hydrogens (tertiary/aromatic N) is 4. The lowest BCUT2D eigenvalue weighted by Gasteiger charge is -2.16. The van der Waals surface area contributed by atoms with Crippen molar-refractivity contribution in [2.45, 2.75) is 0 Å². The molecule has 2 aromatic rings. The second-order valence-corrected chi connectivity index (χ2v) is 4.43. The number of azo groups is 1. The Morgan fingerprint density at radius 2 is 2.12 bits per heavy atom. The summed E-state index contributed by atoms with van der Waals surface area (Å²) in [6, 6.07) is 5.03. The molecule has 0 bridgehead atoms. The summed E-state index contributed by atoms with van der Waals surface area (Å²) in [4.78, 5) is 5.82. The zero-order valence-electron chi connectivity index (χ0n) is 9.49. The van der Waals surface area contributed by atoms with E-state index < -0.39 is 0 Å². The van der Waals surface area contributed by atoms with Gasteiger partial charge in [-0.25, -0.2) is 4.98 Å². The van der Waals surface area contributed by atoms with Crippen LogP contribution in [0.2, 0.25) is 0 Å². The first kappa shape index (κ1) is 11.5. The maximum absolute atomic E-state index is 11.7. The van der Waals surface area contributed by atoms with Gasteiger partial charge in [-0.15, -0.1) is 21.6 Å². The fraction of sp³-hybridized carbons (Fsp3) is 0.182. The molecular formula is C11H11N4OS-. The molecule has 88 valence electrons. The van der Waals surface area contributed by atoms with E-state index in [1.807, 2.05) is 30.4 Å². The van der Waals surface area contributed by atoms with Crippen LogP contribution in [-0.4, -0.2) is 19.1 Å². The highest BCUT2D eigenvalue weighted by molar-refractivity contribution is 7.13. The van der Waals surface area contributed by atoms with Gasteiger partial charge in [-0.3, -0.25) is 0 Å². The molecule has 5 nitrogen and oxygen atoms in total. The van der Waals surface area contributed by atoms with Crippen LogP contribution < -0.4 is 10.0 Å². The standard InChI is InChI=1S/C11H12N4OS/c1-15(2)8-3-4-9(10(16)7-8)13-14-11-12-5-6-17-11/h3-7,16H,1-2H3/p-1. The fourth-order valence-corrected chi connectivity index (χ4v) is 1.68. The third-order valence-electron chi connectivity index (χ3n) is 2.12. The van der Waals surface area contributed by atoms with E-state index in [1.54, 1.807) is 12.3 Å². The Labute approximate surface area is 103 Å². The van der Waals surface area contributed by atoms with Gasteiger partial charge in [0, 0.05) is 31.4 Å². The van der Waals surface area contributed by atoms with E-state index in [2.05, 4.69) is 15.2 Å². The molecule has 0 atom stereocenters. The minimum absolute atomic E-state index is 0.142. The number of hydrogen-bond acceptors (Lipinski definition) is 6. The summed E-state index contributed by atoms with van der Waals surface area (Å²) >= 11 is 1.37. The zero-order chi connectivity index (χ0) is 12.3. The first-order valence-corrected chi connectivity index (χ1v) is 5.84. The SMILES string of the molecule is CN(C)c1ccc(N=Nc2nccs2)c([O-])c1. The fourth-order valence-electron chi connectivity index (χ4n) is 1.23. The molecule has 0 radical (unpaired) electrons. The highest BCUT2D eigenvalue weighted by Gasteiger charge is 1.98. The van der Waals surface area contributed by atoms with Gasteiger partial charge in [0.25, 0.3) is 0 Å². The van der Waals surface area contributed by atoms with Crippen molar-refractivity contribution in [2.24, 2.45) is 10.2 Å². The van der Waals surface area contributed by atoms with Gasteiger partial charge in [0.2, 0.25) is 5.13 Å². The molecule has 0 N–H and O–H groups in total. The minimum atomic E-state index is -0.142. The van der Waals surface area contributed by atoms with E-state index in [1.165, 1.54) is 17.4 Å². The van der Waals surface area contributed by atoms with E-state index >= 15 is 0 Å². The van der Waals surface area contributed by atoms with Crippen molar-refractivity contribution in [3.8, 4) is 5.75 Å². The molecule has 0 spiro atoms. The Kier molecular flexibility index (Phi) is 3.34. The van der Waals surface area contributed by atoms with Gasteiger partial charge in [-0.1, -0.05) is 5.75 Å². The topological polar surface area (TPSA) is 63.9 Å².